The standard InChI is InChI=1S/C25H29N7O.HI/c1-26-25(31-13-11-30(12-14-31)18-22-10-15-33-29-22)27-16-20-6-8-21(9-7-20)17-32-19-28-23-4-2-3-5-24(23)32;/h2-10,15,19H,11-14,16-18H2,1H3,(H,26,27);1H. The van der Waals surface area contributed by atoms with Crippen LogP contribution in [-0.2, 0) is 19.6 Å². The number of hydrogen-bond acceptors (Lipinski definition) is 5. The van der Waals surface area contributed by atoms with Crippen LogP contribution in [0.1, 0.15) is 16.8 Å². The molecule has 0 unspecified atom stereocenters. The summed E-state index contributed by atoms with van der Waals surface area (Å²) in [7, 11) is 1.85. The van der Waals surface area contributed by atoms with E-state index in [0.29, 0.717) is 0 Å². The van der Waals surface area contributed by atoms with Crippen molar-refractivity contribution in [2.24, 2.45) is 4.99 Å². The Morgan fingerprint density at radius 3 is 2.47 bits per heavy atom. The number of aliphatic imine (C=N–C) groups is 1. The van der Waals surface area contributed by atoms with Gasteiger partial charge in [0.1, 0.15) is 6.26 Å². The van der Waals surface area contributed by atoms with Gasteiger partial charge in [0, 0.05) is 58.9 Å². The molecule has 2 aromatic carbocycles. The second-order valence-electron chi connectivity index (χ2n) is 8.33. The van der Waals surface area contributed by atoms with Crippen LogP contribution in [0.2, 0.25) is 0 Å². The third-order valence-corrected chi connectivity index (χ3v) is 6.11. The number of para-hydroxylation sites is 2. The fourth-order valence-electron chi connectivity index (χ4n) is 4.27. The minimum atomic E-state index is 0. The molecule has 1 aliphatic rings. The van der Waals surface area contributed by atoms with E-state index >= 15 is 0 Å². The molecule has 0 atom stereocenters. The maximum absolute atomic E-state index is 4.94. The Kier molecular flexibility index (Phi) is 8.17. The molecule has 178 valence electrons. The molecule has 4 aromatic rings. The maximum atomic E-state index is 4.94. The zero-order chi connectivity index (χ0) is 22.5. The number of nitrogens with one attached hydrogen (secondary N) is 1. The van der Waals surface area contributed by atoms with Gasteiger partial charge in [-0.3, -0.25) is 9.89 Å². The molecule has 1 N–H and O–H groups in total. The van der Waals surface area contributed by atoms with Crippen LogP contribution in [0, 0.1) is 0 Å². The minimum Gasteiger partial charge on any atom is -0.364 e. The second-order valence-corrected chi connectivity index (χ2v) is 8.33. The van der Waals surface area contributed by atoms with Crippen molar-refractivity contribution in [3.8, 4) is 0 Å². The summed E-state index contributed by atoms with van der Waals surface area (Å²) in [5.74, 6) is 0.949. The van der Waals surface area contributed by atoms with Gasteiger partial charge in [-0.05, 0) is 23.3 Å². The summed E-state index contributed by atoms with van der Waals surface area (Å²) in [6, 6.07) is 18.9. The highest BCUT2D eigenvalue weighted by Gasteiger charge is 2.20. The molecule has 34 heavy (non-hydrogen) atoms. The number of benzene rings is 2. The van der Waals surface area contributed by atoms with Crippen molar-refractivity contribution in [1.29, 1.82) is 0 Å². The first kappa shape index (κ1) is 24.2. The van der Waals surface area contributed by atoms with Gasteiger partial charge >= 0.3 is 0 Å². The van der Waals surface area contributed by atoms with Crippen molar-refractivity contribution >= 4 is 41.0 Å². The topological polar surface area (TPSA) is 74.7 Å². The lowest BCUT2D eigenvalue weighted by atomic mass is 10.1. The van der Waals surface area contributed by atoms with Crippen LogP contribution in [0.4, 0.5) is 0 Å². The van der Waals surface area contributed by atoms with Gasteiger partial charge in [0.25, 0.3) is 0 Å². The summed E-state index contributed by atoms with van der Waals surface area (Å²) in [4.78, 5) is 13.7. The first-order valence-corrected chi connectivity index (χ1v) is 11.3. The molecule has 1 fully saturated rings. The number of fused-ring (bicyclic) bond motifs is 1. The zero-order valence-corrected chi connectivity index (χ0v) is 21.6. The zero-order valence-electron chi connectivity index (χ0n) is 19.3. The SMILES string of the molecule is CN=C(NCc1ccc(Cn2cnc3ccccc32)cc1)N1CCN(Cc2ccon2)CC1.I. The Balaban J connectivity index is 0.00000274. The third-order valence-electron chi connectivity index (χ3n) is 6.11. The van der Waals surface area contributed by atoms with E-state index in [4.69, 9.17) is 4.52 Å². The molecule has 3 heterocycles. The highest BCUT2D eigenvalue weighted by atomic mass is 127. The van der Waals surface area contributed by atoms with E-state index < -0.39 is 0 Å². The number of nitrogens with zero attached hydrogens (tertiary/aromatic N) is 6. The lowest BCUT2D eigenvalue weighted by molar-refractivity contribution is 0.169. The van der Waals surface area contributed by atoms with Crippen molar-refractivity contribution in [3.05, 3.63) is 84.0 Å². The summed E-state index contributed by atoms with van der Waals surface area (Å²) in [6.45, 7) is 6.23. The molecule has 0 bridgehead atoms. The van der Waals surface area contributed by atoms with Gasteiger partial charge in [-0.15, -0.1) is 24.0 Å². The van der Waals surface area contributed by atoms with Crippen LogP contribution in [0.15, 0.2) is 76.7 Å². The summed E-state index contributed by atoms with van der Waals surface area (Å²) in [5.41, 5.74) is 5.67. The largest absolute Gasteiger partial charge is 0.364 e. The Morgan fingerprint density at radius 1 is 0.971 bits per heavy atom. The number of guanidine groups is 1. The molecule has 0 aliphatic carbocycles. The van der Waals surface area contributed by atoms with Crippen LogP contribution in [0.25, 0.3) is 11.0 Å². The molecule has 5 rings (SSSR count). The monoisotopic (exact) mass is 571 g/mol. The number of halogens is 1. The van der Waals surface area contributed by atoms with Crippen molar-refractivity contribution in [1.82, 2.24) is 29.8 Å². The van der Waals surface area contributed by atoms with Crippen molar-refractivity contribution in [2.75, 3.05) is 33.2 Å². The number of piperazine rings is 1. The van der Waals surface area contributed by atoms with Crippen LogP contribution in [-0.4, -0.2) is 63.7 Å². The summed E-state index contributed by atoms with van der Waals surface area (Å²) in [6.07, 6.45) is 3.54. The van der Waals surface area contributed by atoms with E-state index in [-0.39, 0.29) is 24.0 Å². The third kappa shape index (κ3) is 5.76. The second kappa shape index (κ2) is 11.5. The van der Waals surface area contributed by atoms with E-state index in [1.54, 1.807) is 6.26 Å². The number of hydrogen-bond donors (Lipinski definition) is 1. The molecule has 2 aromatic heterocycles. The van der Waals surface area contributed by atoms with Crippen LogP contribution in [0.3, 0.4) is 0 Å². The van der Waals surface area contributed by atoms with Gasteiger partial charge < -0.3 is 19.3 Å². The minimum absolute atomic E-state index is 0. The van der Waals surface area contributed by atoms with Gasteiger partial charge in [0.2, 0.25) is 0 Å². The first-order chi connectivity index (χ1) is 16.3. The predicted molar refractivity (Wildman–Crippen MR) is 144 cm³/mol. The number of aromatic nitrogens is 3. The van der Waals surface area contributed by atoms with Gasteiger partial charge in [-0.25, -0.2) is 4.98 Å². The Bertz CT molecular complexity index is 1200. The van der Waals surface area contributed by atoms with Gasteiger partial charge in [0.05, 0.1) is 23.1 Å². The van der Waals surface area contributed by atoms with Crippen molar-refractivity contribution < 1.29 is 4.52 Å². The van der Waals surface area contributed by atoms with E-state index in [1.165, 1.54) is 11.1 Å². The fraction of sp³-hybridized carbons (Fsp3) is 0.320. The van der Waals surface area contributed by atoms with Gasteiger partial charge in [0.15, 0.2) is 5.96 Å². The molecule has 8 nitrogen and oxygen atoms in total. The molecule has 9 heteroatoms. The molecule has 0 saturated carbocycles. The summed E-state index contributed by atoms with van der Waals surface area (Å²) in [5, 5.41) is 7.53. The highest BCUT2D eigenvalue weighted by Crippen LogP contribution is 2.15. The molecule has 1 aliphatic heterocycles. The maximum Gasteiger partial charge on any atom is 0.194 e. The highest BCUT2D eigenvalue weighted by molar-refractivity contribution is 14.0. The number of rotatable bonds is 6. The average Bonchev–Trinajstić information content (AvgIpc) is 3.52. The lowest BCUT2D eigenvalue weighted by Crippen LogP contribution is -2.52. The Labute approximate surface area is 216 Å². The van der Waals surface area contributed by atoms with E-state index in [9.17, 15) is 0 Å². The van der Waals surface area contributed by atoms with Gasteiger partial charge in [-0.2, -0.15) is 0 Å². The predicted octanol–water partition coefficient (Wildman–Crippen LogP) is 3.58. The summed E-state index contributed by atoms with van der Waals surface area (Å²) < 4.78 is 7.12. The molecule has 0 radical (unpaired) electrons. The first-order valence-electron chi connectivity index (χ1n) is 11.3. The molecular weight excluding hydrogens is 541 g/mol. The van der Waals surface area contributed by atoms with E-state index in [0.717, 1.165) is 68.5 Å². The number of imidazole rings is 1. The van der Waals surface area contributed by atoms with E-state index in [1.807, 2.05) is 31.6 Å². The van der Waals surface area contributed by atoms with Crippen LogP contribution >= 0.6 is 24.0 Å². The van der Waals surface area contributed by atoms with E-state index in [2.05, 4.69) is 71.2 Å². The Hall–Kier alpha value is -2.92. The quantitative estimate of drug-likeness (QED) is 0.217. The van der Waals surface area contributed by atoms with Crippen molar-refractivity contribution in [3.63, 3.8) is 0 Å². The average molecular weight is 571 g/mol. The van der Waals surface area contributed by atoms with Crippen LogP contribution in [0.5, 0.6) is 0 Å². The summed E-state index contributed by atoms with van der Waals surface area (Å²) >= 11 is 0. The molecular formula is C25H30IN7O. The molecule has 1 saturated heterocycles. The smallest absolute Gasteiger partial charge is 0.194 e. The lowest BCUT2D eigenvalue weighted by Gasteiger charge is -2.36. The molecule has 0 amide bonds. The van der Waals surface area contributed by atoms with Crippen LogP contribution < -0.4 is 5.32 Å². The van der Waals surface area contributed by atoms with Gasteiger partial charge in [-0.1, -0.05) is 41.6 Å². The Morgan fingerprint density at radius 2 is 1.74 bits per heavy atom. The normalized spacial score (nSPS) is 14.9. The fourth-order valence-corrected chi connectivity index (χ4v) is 4.27. The van der Waals surface area contributed by atoms with Crippen molar-refractivity contribution in [2.45, 2.75) is 19.6 Å². The molecule has 0 spiro atoms.